The summed E-state index contributed by atoms with van der Waals surface area (Å²) in [5.74, 6) is 0. The smallest absolute Gasteiger partial charge is 0.0471 e. The lowest BCUT2D eigenvalue weighted by Gasteiger charge is -2.31. The van der Waals surface area contributed by atoms with Gasteiger partial charge in [-0.1, -0.05) is 17.7 Å². The second-order valence-electron chi connectivity index (χ2n) is 5.76. The highest BCUT2D eigenvalue weighted by atomic mass is 35.5. The normalized spacial score (nSPS) is 14.8. The van der Waals surface area contributed by atoms with Crippen LogP contribution in [0.3, 0.4) is 0 Å². The summed E-state index contributed by atoms with van der Waals surface area (Å²) in [7, 11) is 0. The lowest BCUT2D eigenvalue weighted by molar-refractivity contribution is 0.288. The summed E-state index contributed by atoms with van der Waals surface area (Å²) >= 11 is 6.40. The second kappa shape index (κ2) is 7.30. The van der Waals surface area contributed by atoms with Gasteiger partial charge in [-0.2, -0.15) is 0 Å². The predicted molar refractivity (Wildman–Crippen MR) is 85.5 cm³/mol. The van der Waals surface area contributed by atoms with Crippen LogP contribution in [-0.2, 0) is 6.54 Å². The van der Waals surface area contributed by atoms with Crippen molar-refractivity contribution in [2.75, 3.05) is 18.1 Å². The van der Waals surface area contributed by atoms with Crippen molar-refractivity contribution in [1.29, 1.82) is 0 Å². The Morgan fingerprint density at radius 1 is 1.40 bits per heavy atom. The van der Waals surface area contributed by atoms with E-state index in [1.54, 1.807) is 0 Å². The molecule has 1 fully saturated rings. The minimum absolute atomic E-state index is 0.222. The number of hydrogen-bond acceptors (Lipinski definition) is 3. The van der Waals surface area contributed by atoms with E-state index in [0.717, 1.165) is 24.5 Å². The molecule has 0 saturated heterocycles. The van der Waals surface area contributed by atoms with Gasteiger partial charge < -0.3 is 15.3 Å². The average molecular weight is 297 g/mol. The Morgan fingerprint density at radius 2 is 2.15 bits per heavy atom. The van der Waals surface area contributed by atoms with Crippen LogP contribution < -0.4 is 10.2 Å². The summed E-state index contributed by atoms with van der Waals surface area (Å²) in [5.41, 5.74) is 2.36. The van der Waals surface area contributed by atoms with Crippen LogP contribution in [-0.4, -0.2) is 30.3 Å². The maximum atomic E-state index is 9.09. The molecule has 2 N–H and O–H groups in total. The van der Waals surface area contributed by atoms with E-state index in [4.69, 9.17) is 16.7 Å². The first kappa shape index (κ1) is 15.6. The minimum Gasteiger partial charge on any atom is -0.396 e. The summed E-state index contributed by atoms with van der Waals surface area (Å²) in [5, 5.41) is 13.5. The van der Waals surface area contributed by atoms with E-state index in [-0.39, 0.29) is 6.61 Å². The van der Waals surface area contributed by atoms with Gasteiger partial charge >= 0.3 is 0 Å². The molecule has 0 spiro atoms. The topological polar surface area (TPSA) is 35.5 Å². The first-order valence-corrected chi connectivity index (χ1v) is 7.89. The highest BCUT2D eigenvalue weighted by Gasteiger charge is 2.22. The Labute approximate surface area is 126 Å². The van der Waals surface area contributed by atoms with Gasteiger partial charge in [0.15, 0.2) is 0 Å². The van der Waals surface area contributed by atoms with Crippen LogP contribution in [0.2, 0.25) is 5.02 Å². The fraction of sp³-hybridized carbons (Fsp3) is 0.625. The molecular weight excluding hydrogens is 272 g/mol. The zero-order valence-electron chi connectivity index (χ0n) is 12.4. The zero-order valence-corrected chi connectivity index (χ0v) is 13.2. The third-order valence-corrected chi connectivity index (χ3v) is 4.08. The van der Waals surface area contributed by atoms with Crippen molar-refractivity contribution in [2.45, 2.75) is 51.7 Å². The van der Waals surface area contributed by atoms with E-state index in [2.05, 4.69) is 30.1 Å². The number of aliphatic hydroxyl groups is 1. The number of benzene rings is 1. The monoisotopic (exact) mass is 296 g/mol. The third kappa shape index (κ3) is 4.11. The van der Waals surface area contributed by atoms with Crippen LogP contribution in [0.1, 0.15) is 38.7 Å². The molecule has 1 saturated carbocycles. The molecule has 20 heavy (non-hydrogen) atoms. The van der Waals surface area contributed by atoms with E-state index in [1.165, 1.54) is 24.1 Å². The van der Waals surface area contributed by atoms with E-state index in [0.29, 0.717) is 12.1 Å². The third-order valence-electron chi connectivity index (χ3n) is 3.73. The highest BCUT2D eigenvalue weighted by molar-refractivity contribution is 6.31. The molecule has 1 aliphatic rings. The molecule has 0 heterocycles. The standard InChI is InChI=1S/C16H25ClN2O/c1-12(2)19(9-4-10-20)16-6-3-5-15(17)14(16)11-18-13-7-8-13/h3,5-6,12-13,18,20H,4,7-11H2,1-2H3. The number of halogens is 1. The van der Waals surface area contributed by atoms with Gasteiger partial charge in [0.1, 0.15) is 0 Å². The van der Waals surface area contributed by atoms with Crippen LogP contribution in [0.4, 0.5) is 5.69 Å². The number of rotatable bonds is 8. The van der Waals surface area contributed by atoms with Gasteiger partial charge in [0.25, 0.3) is 0 Å². The predicted octanol–water partition coefficient (Wildman–Crippen LogP) is 3.19. The summed E-state index contributed by atoms with van der Waals surface area (Å²) in [6.45, 7) is 6.25. The molecule has 1 aliphatic carbocycles. The molecule has 2 rings (SSSR count). The number of hydrogen-bond donors (Lipinski definition) is 2. The maximum absolute atomic E-state index is 9.09. The summed E-state index contributed by atoms with van der Waals surface area (Å²) in [6, 6.07) is 7.16. The molecule has 112 valence electrons. The van der Waals surface area contributed by atoms with Crippen LogP contribution in [0.25, 0.3) is 0 Å². The molecule has 0 amide bonds. The van der Waals surface area contributed by atoms with Gasteiger partial charge in [0, 0.05) is 48.1 Å². The second-order valence-corrected chi connectivity index (χ2v) is 6.16. The Kier molecular flexibility index (Phi) is 5.70. The molecule has 0 aliphatic heterocycles. The van der Waals surface area contributed by atoms with Gasteiger partial charge in [-0.3, -0.25) is 0 Å². The number of nitrogens with one attached hydrogen (secondary N) is 1. The molecule has 0 radical (unpaired) electrons. The van der Waals surface area contributed by atoms with Gasteiger partial charge in [-0.05, 0) is 45.2 Å². The SMILES string of the molecule is CC(C)N(CCCO)c1cccc(Cl)c1CNC1CC1. The lowest BCUT2D eigenvalue weighted by atomic mass is 10.1. The Balaban J connectivity index is 2.19. The van der Waals surface area contributed by atoms with Crippen molar-refractivity contribution in [3.63, 3.8) is 0 Å². The summed E-state index contributed by atoms with van der Waals surface area (Å²) < 4.78 is 0. The van der Waals surface area contributed by atoms with Crippen molar-refractivity contribution in [3.8, 4) is 0 Å². The Bertz CT molecular complexity index is 432. The van der Waals surface area contributed by atoms with Crippen molar-refractivity contribution >= 4 is 17.3 Å². The van der Waals surface area contributed by atoms with Crippen LogP contribution in [0, 0.1) is 0 Å². The maximum Gasteiger partial charge on any atom is 0.0471 e. The van der Waals surface area contributed by atoms with Crippen LogP contribution in [0.15, 0.2) is 18.2 Å². The molecular formula is C16H25ClN2O. The number of aliphatic hydroxyl groups excluding tert-OH is 1. The molecule has 0 bridgehead atoms. The first-order valence-electron chi connectivity index (χ1n) is 7.51. The molecule has 1 aromatic rings. The summed E-state index contributed by atoms with van der Waals surface area (Å²) in [4.78, 5) is 2.33. The minimum atomic E-state index is 0.222. The van der Waals surface area contributed by atoms with Gasteiger partial charge in [0.2, 0.25) is 0 Å². The lowest BCUT2D eigenvalue weighted by Crippen LogP contribution is -2.33. The highest BCUT2D eigenvalue weighted by Crippen LogP contribution is 2.30. The van der Waals surface area contributed by atoms with Gasteiger partial charge in [0.05, 0.1) is 0 Å². The zero-order chi connectivity index (χ0) is 14.5. The van der Waals surface area contributed by atoms with Gasteiger partial charge in [-0.25, -0.2) is 0 Å². The van der Waals surface area contributed by atoms with E-state index in [1.807, 2.05) is 12.1 Å². The fourth-order valence-corrected chi connectivity index (χ4v) is 2.66. The van der Waals surface area contributed by atoms with Crippen molar-refractivity contribution in [1.82, 2.24) is 5.32 Å². The Hall–Kier alpha value is -0.770. The van der Waals surface area contributed by atoms with Crippen LogP contribution >= 0.6 is 11.6 Å². The van der Waals surface area contributed by atoms with E-state index >= 15 is 0 Å². The van der Waals surface area contributed by atoms with E-state index in [9.17, 15) is 0 Å². The largest absolute Gasteiger partial charge is 0.396 e. The van der Waals surface area contributed by atoms with Crippen molar-refractivity contribution in [2.24, 2.45) is 0 Å². The first-order chi connectivity index (χ1) is 9.63. The average Bonchev–Trinajstić information content (AvgIpc) is 3.22. The molecule has 4 heteroatoms. The molecule has 0 aromatic heterocycles. The molecule has 1 aromatic carbocycles. The number of nitrogens with zero attached hydrogens (tertiary/aromatic N) is 1. The fourth-order valence-electron chi connectivity index (χ4n) is 2.42. The van der Waals surface area contributed by atoms with Gasteiger partial charge in [-0.15, -0.1) is 0 Å². The quantitative estimate of drug-likeness (QED) is 0.773. The molecule has 0 unspecified atom stereocenters. The van der Waals surface area contributed by atoms with Crippen molar-refractivity contribution < 1.29 is 5.11 Å². The van der Waals surface area contributed by atoms with Crippen LogP contribution in [0.5, 0.6) is 0 Å². The van der Waals surface area contributed by atoms with E-state index < -0.39 is 0 Å². The van der Waals surface area contributed by atoms with Crippen molar-refractivity contribution in [3.05, 3.63) is 28.8 Å². The number of anilines is 1. The molecule has 3 nitrogen and oxygen atoms in total. The summed E-state index contributed by atoms with van der Waals surface area (Å²) in [6.07, 6.45) is 3.33. The molecule has 0 atom stereocenters. The Morgan fingerprint density at radius 3 is 2.75 bits per heavy atom.